The van der Waals surface area contributed by atoms with Crippen molar-refractivity contribution in [2.24, 2.45) is 5.92 Å². The largest absolute Gasteiger partial charge is 0.494 e. The monoisotopic (exact) mass is 483 g/mol. The number of ether oxygens (including phenoxy) is 1. The summed E-state index contributed by atoms with van der Waals surface area (Å²) in [5.74, 6) is -0.811. The van der Waals surface area contributed by atoms with Gasteiger partial charge in [0, 0.05) is 13.1 Å². The Morgan fingerprint density at radius 1 is 1.29 bits per heavy atom. The maximum atomic E-state index is 13.2. The predicted molar refractivity (Wildman–Crippen MR) is 118 cm³/mol. The number of hydrogen-bond acceptors (Lipinski definition) is 6. The molecule has 0 saturated carbocycles. The lowest BCUT2D eigenvalue weighted by Gasteiger charge is -2.31. The smallest absolute Gasteiger partial charge is 0.243 e. The fourth-order valence-electron chi connectivity index (χ4n) is 3.51. The number of aromatic nitrogens is 1. The molecular weight excluding hydrogens is 465 g/mol. The number of thiazole rings is 1. The molecule has 0 spiro atoms. The lowest BCUT2D eigenvalue weighted by atomic mass is 9.99. The highest BCUT2D eigenvalue weighted by molar-refractivity contribution is 7.89. The van der Waals surface area contributed by atoms with Crippen LogP contribution in [0.1, 0.15) is 12.8 Å². The van der Waals surface area contributed by atoms with Crippen molar-refractivity contribution in [3.63, 3.8) is 0 Å². The SMILES string of the molecule is COc1ccc(Cl)c2sc(NC(=O)C3CCCN(S(=O)(=O)c4ccc(F)cc4)C3)nc12. The molecule has 1 aliphatic rings. The topological polar surface area (TPSA) is 88.6 Å². The van der Waals surface area contributed by atoms with E-state index in [1.165, 1.54) is 34.9 Å². The molecule has 31 heavy (non-hydrogen) atoms. The first-order chi connectivity index (χ1) is 14.8. The lowest BCUT2D eigenvalue weighted by molar-refractivity contribution is -0.120. The van der Waals surface area contributed by atoms with Crippen molar-refractivity contribution in [3.8, 4) is 5.75 Å². The minimum atomic E-state index is -3.81. The summed E-state index contributed by atoms with van der Waals surface area (Å²) in [6, 6.07) is 8.07. The third-order valence-electron chi connectivity index (χ3n) is 5.11. The molecule has 7 nitrogen and oxygen atoms in total. The van der Waals surface area contributed by atoms with E-state index in [-0.39, 0.29) is 17.3 Å². The summed E-state index contributed by atoms with van der Waals surface area (Å²) >= 11 is 7.46. The van der Waals surface area contributed by atoms with Gasteiger partial charge in [0.1, 0.15) is 17.1 Å². The Labute approximate surface area is 187 Å². The van der Waals surface area contributed by atoms with Crippen molar-refractivity contribution in [1.82, 2.24) is 9.29 Å². The quantitative estimate of drug-likeness (QED) is 0.589. The molecule has 1 atom stereocenters. The summed E-state index contributed by atoms with van der Waals surface area (Å²) in [6.45, 7) is 0.345. The number of fused-ring (bicyclic) bond motifs is 1. The second-order valence-electron chi connectivity index (χ2n) is 7.09. The number of carbonyl (C=O) groups excluding carboxylic acids is 1. The zero-order valence-electron chi connectivity index (χ0n) is 16.5. The molecule has 4 rings (SSSR count). The molecule has 1 unspecified atom stereocenters. The van der Waals surface area contributed by atoms with Crippen LogP contribution in [-0.4, -0.2) is 43.8 Å². The van der Waals surface area contributed by atoms with Gasteiger partial charge in [0.05, 0.1) is 27.6 Å². The van der Waals surface area contributed by atoms with Crippen LogP contribution in [0.5, 0.6) is 5.75 Å². The van der Waals surface area contributed by atoms with Gasteiger partial charge in [-0.1, -0.05) is 22.9 Å². The van der Waals surface area contributed by atoms with Gasteiger partial charge in [-0.2, -0.15) is 4.31 Å². The Balaban J connectivity index is 1.51. The van der Waals surface area contributed by atoms with Crippen LogP contribution in [0.3, 0.4) is 0 Å². The van der Waals surface area contributed by atoms with Gasteiger partial charge >= 0.3 is 0 Å². The van der Waals surface area contributed by atoms with Crippen molar-refractivity contribution in [2.45, 2.75) is 17.7 Å². The Kier molecular flexibility index (Phi) is 6.16. The number of amides is 1. The number of piperidine rings is 1. The first-order valence-electron chi connectivity index (χ1n) is 9.49. The van der Waals surface area contributed by atoms with Crippen molar-refractivity contribution < 1.29 is 22.3 Å². The molecule has 1 fully saturated rings. The minimum Gasteiger partial charge on any atom is -0.494 e. The van der Waals surface area contributed by atoms with E-state index in [0.29, 0.717) is 45.5 Å². The van der Waals surface area contributed by atoms with Crippen LogP contribution < -0.4 is 10.1 Å². The molecule has 11 heteroatoms. The summed E-state index contributed by atoms with van der Waals surface area (Å²) in [5, 5.41) is 3.65. The summed E-state index contributed by atoms with van der Waals surface area (Å²) in [7, 11) is -2.29. The summed E-state index contributed by atoms with van der Waals surface area (Å²) in [6.07, 6.45) is 1.09. The third kappa shape index (κ3) is 4.38. The fourth-order valence-corrected chi connectivity index (χ4v) is 6.19. The van der Waals surface area contributed by atoms with Gasteiger partial charge in [-0.25, -0.2) is 17.8 Å². The zero-order valence-corrected chi connectivity index (χ0v) is 18.9. The zero-order chi connectivity index (χ0) is 22.2. The maximum absolute atomic E-state index is 13.2. The molecule has 0 bridgehead atoms. The van der Waals surface area contributed by atoms with E-state index in [1.807, 2.05) is 0 Å². The van der Waals surface area contributed by atoms with E-state index in [9.17, 15) is 17.6 Å². The number of halogens is 2. The number of methoxy groups -OCH3 is 1. The number of anilines is 1. The Hall–Kier alpha value is -2.27. The van der Waals surface area contributed by atoms with Crippen LogP contribution >= 0.6 is 22.9 Å². The molecule has 0 aliphatic carbocycles. The molecule has 3 aromatic rings. The number of sulfonamides is 1. The molecule has 1 N–H and O–H groups in total. The van der Waals surface area contributed by atoms with Gasteiger partial charge in [0.25, 0.3) is 0 Å². The maximum Gasteiger partial charge on any atom is 0.243 e. The van der Waals surface area contributed by atoms with Gasteiger partial charge in [0.2, 0.25) is 15.9 Å². The van der Waals surface area contributed by atoms with E-state index in [4.69, 9.17) is 16.3 Å². The Morgan fingerprint density at radius 2 is 2.03 bits per heavy atom. The van der Waals surface area contributed by atoms with Gasteiger partial charge in [-0.3, -0.25) is 4.79 Å². The number of rotatable bonds is 5. The van der Waals surface area contributed by atoms with Crippen molar-refractivity contribution in [2.75, 3.05) is 25.5 Å². The molecule has 0 radical (unpaired) electrons. The van der Waals surface area contributed by atoms with E-state index >= 15 is 0 Å². The standard InChI is InChI=1S/C20H19ClFN3O4S2/c1-29-16-9-8-15(21)18-17(16)23-20(30-18)24-19(26)12-3-2-10-25(11-12)31(27,28)14-6-4-13(22)5-7-14/h4-9,12H,2-3,10-11H2,1H3,(H,23,24,26). The molecule has 1 aromatic heterocycles. The van der Waals surface area contributed by atoms with Crippen LogP contribution in [0.4, 0.5) is 9.52 Å². The van der Waals surface area contributed by atoms with Gasteiger partial charge < -0.3 is 10.1 Å². The molecule has 1 amide bonds. The first-order valence-corrected chi connectivity index (χ1v) is 12.1. The lowest BCUT2D eigenvalue weighted by Crippen LogP contribution is -2.43. The average Bonchev–Trinajstić information content (AvgIpc) is 3.19. The number of nitrogens with one attached hydrogen (secondary N) is 1. The highest BCUT2D eigenvalue weighted by Crippen LogP contribution is 2.37. The molecule has 1 aliphatic heterocycles. The van der Waals surface area contributed by atoms with E-state index in [0.717, 1.165) is 12.1 Å². The number of benzene rings is 2. The summed E-state index contributed by atoms with van der Waals surface area (Å²) in [4.78, 5) is 17.3. The second kappa shape index (κ2) is 8.70. The number of hydrogen-bond donors (Lipinski definition) is 1. The molecule has 2 aromatic carbocycles. The summed E-state index contributed by atoms with van der Waals surface area (Å²) in [5.41, 5.74) is 0.555. The van der Waals surface area contributed by atoms with Gasteiger partial charge in [0.15, 0.2) is 5.13 Å². The van der Waals surface area contributed by atoms with E-state index < -0.39 is 21.8 Å². The van der Waals surface area contributed by atoms with Crippen molar-refractivity contribution in [3.05, 3.63) is 47.2 Å². The predicted octanol–water partition coefficient (Wildman–Crippen LogP) is 4.14. The van der Waals surface area contributed by atoms with Crippen LogP contribution in [0, 0.1) is 11.7 Å². The number of nitrogens with zero attached hydrogens (tertiary/aromatic N) is 2. The second-order valence-corrected chi connectivity index (χ2v) is 10.4. The fraction of sp³-hybridized carbons (Fsp3) is 0.300. The Morgan fingerprint density at radius 3 is 2.74 bits per heavy atom. The van der Waals surface area contributed by atoms with Crippen molar-refractivity contribution >= 4 is 54.2 Å². The van der Waals surface area contributed by atoms with Gasteiger partial charge in [-0.05, 0) is 49.2 Å². The summed E-state index contributed by atoms with van der Waals surface area (Å²) < 4.78 is 46.2. The molecule has 1 saturated heterocycles. The highest BCUT2D eigenvalue weighted by atomic mass is 35.5. The Bertz CT molecular complexity index is 1230. The minimum absolute atomic E-state index is 0.00266. The van der Waals surface area contributed by atoms with Crippen LogP contribution in [0.15, 0.2) is 41.3 Å². The third-order valence-corrected chi connectivity index (χ3v) is 8.43. The number of carbonyl (C=O) groups is 1. The molecule has 2 heterocycles. The van der Waals surface area contributed by atoms with E-state index in [2.05, 4.69) is 10.3 Å². The van der Waals surface area contributed by atoms with Crippen LogP contribution in [0.25, 0.3) is 10.2 Å². The normalized spacial score (nSPS) is 17.6. The highest BCUT2D eigenvalue weighted by Gasteiger charge is 2.33. The van der Waals surface area contributed by atoms with Gasteiger partial charge in [-0.15, -0.1) is 0 Å². The van der Waals surface area contributed by atoms with Crippen molar-refractivity contribution in [1.29, 1.82) is 0 Å². The first kappa shape index (κ1) is 21.9. The molecule has 164 valence electrons. The average molecular weight is 484 g/mol. The van der Waals surface area contributed by atoms with E-state index in [1.54, 1.807) is 12.1 Å². The molecular formula is C20H19ClFN3O4S2. The van der Waals surface area contributed by atoms with Crippen LogP contribution in [0.2, 0.25) is 5.02 Å². The van der Waals surface area contributed by atoms with Crippen LogP contribution in [-0.2, 0) is 14.8 Å².